The second kappa shape index (κ2) is 12.8. The number of carbonyl (C=O) groups excluding carboxylic acids is 2. The van der Waals surface area contributed by atoms with Crippen LogP contribution in [0.25, 0.3) is 22.4 Å². The van der Waals surface area contributed by atoms with Crippen molar-refractivity contribution in [2.24, 2.45) is 5.73 Å². The maximum atomic E-state index is 13.0. The fourth-order valence-corrected chi connectivity index (χ4v) is 4.47. The van der Waals surface area contributed by atoms with Crippen LogP contribution in [0.2, 0.25) is 0 Å². The second-order valence-corrected chi connectivity index (χ2v) is 10.1. The minimum atomic E-state index is -0.313. The lowest BCUT2D eigenvalue weighted by molar-refractivity contribution is -0.111. The molecule has 0 unspecified atom stereocenters. The first-order chi connectivity index (χ1) is 20.8. The SMILES string of the molecule is C=C(N)c1cn(-c2ccnc(Nc3cccc(NC(=O)c4cccc(NC(=O)/C=C/CN(C)C)c4)c3)n2)c2ccccc12. The summed E-state index contributed by atoms with van der Waals surface area (Å²) in [6.07, 6.45) is 6.83. The lowest BCUT2D eigenvalue weighted by Crippen LogP contribution is -2.14. The Bertz CT molecular complexity index is 1840. The number of nitrogens with zero attached hydrogens (tertiary/aromatic N) is 4. The molecular formula is C33H32N8O2. The van der Waals surface area contributed by atoms with Crippen molar-refractivity contribution in [2.45, 2.75) is 0 Å². The first-order valence-electron chi connectivity index (χ1n) is 13.6. The fourth-order valence-electron chi connectivity index (χ4n) is 4.47. The van der Waals surface area contributed by atoms with Gasteiger partial charge in [0.05, 0.1) is 5.52 Å². The van der Waals surface area contributed by atoms with E-state index in [1.165, 1.54) is 6.08 Å². The molecule has 0 bridgehead atoms. The molecule has 5 aromatic rings. The van der Waals surface area contributed by atoms with E-state index in [-0.39, 0.29) is 11.8 Å². The normalized spacial score (nSPS) is 11.1. The number of carbonyl (C=O) groups is 2. The number of hydrogen-bond acceptors (Lipinski definition) is 7. The molecule has 0 fully saturated rings. The molecule has 10 nitrogen and oxygen atoms in total. The van der Waals surface area contributed by atoms with Crippen LogP contribution in [0.5, 0.6) is 0 Å². The second-order valence-electron chi connectivity index (χ2n) is 10.1. The molecule has 2 heterocycles. The summed E-state index contributed by atoms with van der Waals surface area (Å²) in [6, 6.07) is 23.7. The molecule has 0 atom stereocenters. The Hall–Kier alpha value is -5.74. The predicted molar refractivity (Wildman–Crippen MR) is 173 cm³/mol. The zero-order chi connectivity index (χ0) is 30.3. The molecule has 5 rings (SSSR count). The molecule has 10 heteroatoms. The van der Waals surface area contributed by atoms with Crippen LogP contribution < -0.4 is 21.7 Å². The number of nitrogens with one attached hydrogen (secondary N) is 3. The molecular weight excluding hydrogens is 540 g/mol. The van der Waals surface area contributed by atoms with Crippen LogP contribution in [-0.2, 0) is 4.79 Å². The Kier molecular flexibility index (Phi) is 8.59. The molecule has 0 aliphatic heterocycles. The number of rotatable bonds is 10. The molecule has 3 aromatic carbocycles. The van der Waals surface area contributed by atoms with E-state index in [0.717, 1.165) is 16.5 Å². The molecule has 0 radical (unpaired) electrons. The summed E-state index contributed by atoms with van der Waals surface area (Å²) in [6.45, 7) is 4.55. The number of amides is 2. The zero-order valence-electron chi connectivity index (χ0n) is 23.9. The summed E-state index contributed by atoms with van der Waals surface area (Å²) in [5, 5.41) is 9.89. The third kappa shape index (κ3) is 7.13. The average molecular weight is 573 g/mol. The first kappa shape index (κ1) is 28.8. The van der Waals surface area contributed by atoms with E-state index in [4.69, 9.17) is 10.7 Å². The smallest absolute Gasteiger partial charge is 0.255 e. The van der Waals surface area contributed by atoms with Crippen molar-refractivity contribution in [3.05, 3.63) is 121 Å². The van der Waals surface area contributed by atoms with Gasteiger partial charge in [0.25, 0.3) is 5.91 Å². The highest BCUT2D eigenvalue weighted by atomic mass is 16.2. The molecule has 0 aliphatic rings. The monoisotopic (exact) mass is 572 g/mol. The van der Waals surface area contributed by atoms with Gasteiger partial charge in [0.15, 0.2) is 0 Å². The van der Waals surface area contributed by atoms with Crippen LogP contribution in [0.4, 0.5) is 23.0 Å². The van der Waals surface area contributed by atoms with Gasteiger partial charge in [0.1, 0.15) is 5.82 Å². The maximum Gasteiger partial charge on any atom is 0.255 e. The van der Waals surface area contributed by atoms with Gasteiger partial charge in [-0.3, -0.25) is 9.59 Å². The van der Waals surface area contributed by atoms with Gasteiger partial charge >= 0.3 is 0 Å². The van der Waals surface area contributed by atoms with Crippen molar-refractivity contribution in [3.63, 3.8) is 0 Å². The third-order valence-electron chi connectivity index (χ3n) is 6.45. The fraction of sp³-hybridized carbons (Fsp3) is 0.0909. The maximum absolute atomic E-state index is 13.0. The molecule has 0 aliphatic carbocycles. The average Bonchev–Trinajstić information content (AvgIpc) is 3.38. The van der Waals surface area contributed by atoms with Crippen molar-refractivity contribution < 1.29 is 9.59 Å². The highest BCUT2D eigenvalue weighted by Gasteiger charge is 2.13. The van der Waals surface area contributed by atoms with Crippen molar-refractivity contribution >= 4 is 51.4 Å². The molecule has 216 valence electrons. The Morgan fingerprint density at radius 1 is 0.953 bits per heavy atom. The van der Waals surface area contributed by atoms with E-state index in [1.54, 1.807) is 48.7 Å². The van der Waals surface area contributed by atoms with Crippen LogP contribution in [0.15, 0.2) is 110 Å². The van der Waals surface area contributed by atoms with Crippen molar-refractivity contribution in [1.82, 2.24) is 19.4 Å². The number of nitrogens with two attached hydrogens (primary N) is 1. The van der Waals surface area contributed by atoms with Crippen LogP contribution in [-0.4, -0.2) is 51.9 Å². The van der Waals surface area contributed by atoms with Gasteiger partial charge in [-0.15, -0.1) is 0 Å². The third-order valence-corrected chi connectivity index (χ3v) is 6.45. The summed E-state index contributed by atoms with van der Waals surface area (Å²) in [4.78, 5) is 36.2. The number of para-hydroxylation sites is 1. The highest BCUT2D eigenvalue weighted by Crippen LogP contribution is 2.27. The summed E-state index contributed by atoms with van der Waals surface area (Å²) < 4.78 is 1.95. The highest BCUT2D eigenvalue weighted by molar-refractivity contribution is 6.06. The number of benzene rings is 3. The lowest BCUT2D eigenvalue weighted by atomic mass is 10.1. The molecule has 43 heavy (non-hydrogen) atoms. The molecule has 0 spiro atoms. The van der Waals surface area contributed by atoms with Gasteiger partial charge < -0.3 is 31.2 Å². The minimum absolute atomic E-state index is 0.264. The number of anilines is 4. The van der Waals surface area contributed by atoms with Crippen molar-refractivity contribution in [3.8, 4) is 5.82 Å². The quantitative estimate of drug-likeness (QED) is 0.165. The van der Waals surface area contributed by atoms with Gasteiger partial charge in [-0.05, 0) is 62.6 Å². The van der Waals surface area contributed by atoms with Gasteiger partial charge in [-0.1, -0.05) is 43.0 Å². The zero-order valence-corrected chi connectivity index (χ0v) is 23.9. The van der Waals surface area contributed by atoms with E-state index in [2.05, 4.69) is 27.5 Å². The van der Waals surface area contributed by atoms with Crippen LogP contribution >= 0.6 is 0 Å². The van der Waals surface area contributed by atoms with Gasteiger partial charge in [-0.25, -0.2) is 4.98 Å². The van der Waals surface area contributed by atoms with Gasteiger partial charge in [0.2, 0.25) is 11.9 Å². The molecule has 2 aromatic heterocycles. The standard InChI is InChI=1S/C33H32N8O2/c1-22(34)28-21-41(29-14-5-4-13-27(28)29)30-16-17-35-33(39-30)38-26-12-7-11-25(20-26)37-32(43)23-9-6-10-24(19-23)36-31(42)15-8-18-40(2)3/h4-17,19-21H,1,18,34H2,2-3H3,(H,36,42)(H,37,43)(H,35,38,39)/b15-8+. The van der Waals surface area contributed by atoms with Gasteiger partial charge in [0, 0.05) is 64.3 Å². The van der Waals surface area contributed by atoms with Crippen molar-refractivity contribution in [1.29, 1.82) is 0 Å². The van der Waals surface area contributed by atoms with E-state index in [9.17, 15) is 9.59 Å². The summed E-state index contributed by atoms with van der Waals surface area (Å²) in [5.74, 6) is 0.465. The van der Waals surface area contributed by atoms with Crippen LogP contribution in [0.3, 0.4) is 0 Å². The number of likely N-dealkylation sites (N-methyl/N-ethyl adjacent to an activating group) is 1. The summed E-state index contributed by atoms with van der Waals surface area (Å²) in [7, 11) is 3.84. The van der Waals surface area contributed by atoms with E-state index in [1.807, 2.05) is 72.2 Å². The summed E-state index contributed by atoms with van der Waals surface area (Å²) >= 11 is 0. The van der Waals surface area contributed by atoms with Gasteiger partial charge in [-0.2, -0.15) is 4.98 Å². The number of fused-ring (bicyclic) bond motifs is 1. The van der Waals surface area contributed by atoms with Crippen molar-refractivity contribution in [2.75, 3.05) is 36.6 Å². The topological polar surface area (TPSA) is 130 Å². The van der Waals surface area contributed by atoms with Crippen LogP contribution in [0, 0.1) is 0 Å². The number of aromatic nitrogens is 3. The van der Waals surface area contributed by atoms with E-state index >= 15 is 0 Å². The molecule has 0 saturated carbocycles. The predicted octanol–water partition coefficient (Wildman–Crippen LogP) is 5.40. The van der Waals surface area contributed by atoms with E-state index in [0.29, 0.717) is 46.6 Å². The largest absolute Gasteiger partial charge is 0.399 e. The first-order valence-corrected chi connectivity index (χ1v) is 13.6. The molecule has 2 amide bonds. The summed E-state index contributed by atoms with van der Waals surface area (Å²) in [5.41, 5.74) is 10.5. The van der Waals surface area contributed by atoms with E-state index < -0.39 is 0 Å². The lowest BCUT2D eigenvalue weighted by Gasteiger charge is -2.11. The minimum Gasteiger partial charge on any atom is -0.399 e. The Morgan fingerprint density at radius 2 is 1.70 bits per heavy atom. The number of hydrogen-bond donors (Lipinski definition) is 4. The Labute approximate surface area is 249 Å². The molecule has 0 saturated heterocycles. The Balaban J connectivity index is 1.28. The Morgan fingerprint density at radius 3 is 2.49 bits per heavy atom. The molecule has 5 N–H and O–H groups in total. The van der Waals surface area contributed by atoms with Crippen LogP contribution in [0.1, 0.15) is 15.9 Å².